The van der Waals surface area contributed by atoms with E-state index in [4.69, 9.17) is 0 Å². The molecule has 0 aromatic carbocycles. The summed E-state index contributed by atoms with van der Waals surface area (Å²) in [6.07, 6.45) is 3.41. The lowest BCUT2D eigenvalue weighted by molar-refractivity contribution is 0.809. The van der Waals surface area contributed by atoms with E-state index < -0.39 is 0 Å². The molecule has 0 fully saturated rings. The summed E-state index contributed by atoms with van der Waals surface area (Å²) in [6.45, 7) is 5.78. The molecule has 0 N–H and O–H groups in total. The van der Waals surface area contributed by atoms with Crippen molar-refractivity contribution >= 4 is 11.1 Å². The van der Waals surface area contributed by atoms with Gasteiger partial charge >= 0.3 is 0 Å². The van der Waals surface area contributed by atoms with Crippen molar-refractivity contribution in [2.45, 2.75) is 6.92 Å². The van der Waals surface area contributed by atoms with Crippen LogP contribution in [0, 0.1) is 0 Å². The lowest BCUT2D eigenvalue weighted by atomic mass is 10.2. The minimum Gasteiger partial charge on any atom is -0.267 e. The zero-order valence-electron chi connectivity index (χ0n) is 10.4. The van der Waals surface area contributed by atoms with E-state index in [2.05, 4.69) is 16.8 Å². The zero-order valence-corrected chi connectivity index (χ0v) is 10.4. The Balaban J connectivity index is 2.45. The topological polar surface area (TPSA) is 52.2 Å². The molecule has 3 heterocycles. The van der Waals surface area contributed by atoms with Crippen molar-refractivity contribution in [1.82, 2.24) is 19.4 Å². The molecule has 94 valence electrons. The Morgan fingerprint density at radius 2 is 2.11 bits per heavy atom. The Morgan fingerprint density at radius 3 is 2.84 bits per heavy atom. The van der Waals surface area contributed by atoms with Gasteiger partial charge in [0.1, 0.15) is 11.4 Å². The average Bonchev–Trinajstić information content (AvgIpc) is 2.79. The molecule has 3 aromatic rings. The van der Waals surface area contributed by atoms with Gasteiger partial charge in [0, 0.05) is 18.5 Å². The van der Waals surface area contributed by atoms with Crippen molar-refractivity contribution in [1.29, 1.82) is 0 Å². The molecule has 5 heteroatoms. The van der Waals surface area contributed by atoms with Crippen molar-refractivity contribution < 1.29 is 0 Å². The molecule has 0 atom stereocenters. The van der Waals surface area contributed by atoms with Crippen molar-refractivity contribution in [3.63, 3.8) is 0 Å². The zero-order chi connectivity index (χ0) is 13.4. The lowest BCUT2D eigenvalue weighted by Crippen LogP contribution is -2.19. The van der Waals surface area contributed by atoms with E-state index in [1.807, 2.05) is 31.3 Å². The average molecular weight is 252 g/mol. The smallest absolute Gasteiger partial charge is 0.267 e. The molecule has 0 saturated carbocycles. The minimum absolute atomic E-state index is 0.191. The molecule has 0 saturated heterocycles. The van der Waals surface area contributed by atoms with Crippen LogP contribution in [0.25, 0.3) is 16.8 Å². The molecule has 0 aliphatic rings. The van der Waals surface area contributed by atoms with E-state index in [1.54, 1.807) is 16.8 Å². The Hall–Kier alpha value is -2.69. The molecule has 3 rings (SSSR count). The molecular formula is C14H12N4O. The van der Waals surface area contributed by atoms with Crippen LogP contribution in [-0.2, 0) is 0 Å². The van der Waals surface area contributed by atoms with E-state index in [-0.39, 0.29) is 5.56 Å². The molecular weight excluding hydrogens is 240 g/mol. The third kappa shape index (κ3) is 1.76. The van der Waals surface area contributed by atoms with Crippen LogP contribution in [0.3, 0.4) is 0 Å². The second kappa shape index (κ2) is 4.20. The Bertz CT molecular complexity index is 829. The first-order valence-electron chi connectivity index (χ1n) is 5.86. The molecule has 0 spiro atoms. The highest BCUT2D eigenvalue weighted by Crippen LogP contribution is 2.23. The van der Waals surface area contributed by atoms with Gasteiger partial charge in [0.15, 0.2) is 0 Å². The van der Waals surface area contributed by atoms with E-state index in [0.29, 0.717) is 11.4 Å². The molecule has 19 heavy (non-hydrogen) atoms. The third-order valence-electron chi connectivity index (χ3n) is 2.85. The number of allylic oxidation sites excluding steroid dienone is 1. The van der Waals surface area contributed by atoms with Gasteiger partial charge in [-0.1, -0.05) is 12.6 Å². The SMILES string of the molecule is C=C(C)c1nn2ccccc2c1-n1ncccc1=O. The summed E-state index contributed by atoms with van der Waals surface area (Å²) in [5.74, 6) is 0. The number of pyridine rings is 1. The molecule has 0 amide bonds. The first-order chi connectivity index (χ1) is 9.18. The van der Waals surface area contributed by atoms with Crippen molar-refractivity contribution in [3.8, 4) is 5.69 Å². The van der Waals surface area contributed by atoms with Gasteiger partial charge in [-0.05, 0) is 30.7 Å². The quantitative estimate of drug-likeness (QED) is 0.700. The van der Waals surface area contributed by atoms with Gasteiger partial charge < -0.3 is 0 Å². The van der Waals surface area contributed by atoms with Crippen LogP contribution in [-0.4, -0.2) is 19.4 Å². The number of rotatable bonds is 2. The lowest BCUT2D eigenvalue weighted by Gasteiger charge is -2.04. The van der Waals surface area contributed by atoms with E-state index >= 15 is 0 Å². The fourth-order valence-corrected chi connectivity index (χ4v) is 2.01. The van der Waals surface area contributed by atoms with Crippen LogP contribution in [0.2, 0.25) is 0 Å². The number of fused-ring (bicyclic) bond motifs is 1. The maximum absolute atomic E-state index is 12.0. The molecule has 0 aliphatic heterocycles. The van der Waals surface area contributed by atoms with Crippen LogP contribution >= 0.6 is 0 Å². The summed E-state index contributed by atoms with van der Waals surface area (Å²) >= 11 is 0. The maximum Gasteiger partial charge on any atom is 0.271 e. The minimum atomic E-state index is -0.191. The van der Waals surface area contributed by atoms with Crippen molar-refractivity contribution in [3.05, 3.63) is 65.4 Å². The monoisotopic (exact) mass is 252 g/mol. The summed E-state index contributed by atoms with van der Waals surface area (Å²) in [5, 5.41) is 8.57. The summed E-state index contributed by atoms with van der Waals surface area (Å²) < 4.78 is 3.08. The van der Waals surface area contributed by atoms with Crippen LogP contribution in [0.5, 0.6) is 0 Å². The summed E-state index contributed by atoms with van der Waals surface area (Å²) in [4.78, 5) is 12.0. The predicted molar refractivity (Wildman–Crippen MR) is 73.3 cm³/mol. The Morgan fingerprint density at radius 1 is 1.26 bits per heavy atom. The summed E-state index contributed by atoms with van der Waals surface area (Å²) in [5.41, 5.74) is 2.76. The second-order valence-electron chi connectivity index (χ2n) is 4.28. The number of hydrogen-bond donors (Lipinski definition) is 0. The second-order valence-corrected chi connectivity index (χ2v) is 4.28. The standard InChI is InChI=1S/C14H12N4O/c1-10(2)13-14(18-12(19)7-5-8-15-18)11-6-3-4-9-17(11)16-13/h3-9H,1H2,2H3. The van der Waals surface area contributed by atoms with Crippen LogP contribution < -0.4 is 5.56 Å². The van der Waals surface area contributed by atoms with Crippen molar-refractivity contribution in [2.24, 2.45) is 0 Å². The highest BCUT2D eigenvalue weighted by atomic mass is 16.1. The molecule has 3 aromatic heterocycles. The van der Waals surface area contributed by atoms with Gasteiger partial charge in [-0.25, -0.2) is 4.52 Å². The maximum atomic E-state index is 12.0. The Labute approximate surface area is 109 Å². The fraction of sp³-hybridized carbons (Fsp3) is 0.0714. The number of aromatic nitrogens is 4. The van der Waals surface area contributed by atoms with Gasteiger partial charge in [0.2, 0.25) is 0 Å². The summed E-state index contributed by atoms with van der Waals surface area (Å²) in [6, 6.07) is 8.77. The fourth-order valence-electron chi connectivity index (χ4n) is 2.01. The highest BCUT2D eigenvalue weighted by molar-refractivity contribution is 5.77. The molecule has 0 bridgehead atoms. The first kappa shape index (κ1) is 11.4. The molecule has 0 radical (unpaired) electrons. The highest BCUT2D eigenvalue weighted by Gasteiger charge is 2.16. The van der Waals surface area contributed by atoms with Gasteiger partial charge in [-0.2, -0.15) is 14.9 Å². The first-order valence-corrected chi connectivity index (χ1v) is 5.86. The molecule has 5 nitrogen and oxygen atoms in total. The predicted octanol–water partition coefficient (Wildman–Crippen LogP) is 1.91. The normalized spacial score (nSPS) is 10.8. The van der Waals surface area contributed by atoms with Gasteiger partial charge in [-0.3, -0.25) is 4.79 Å². The third-order valence-corrected chi connectivity index (χ3v) is 2.85. The van der Waals surface area contributed by atoms with E-state index in [0.717, 1.165) is 11.1 Å². The number of hydrogen-bond acceptors (Lipinski definition) is 3. The van der Waals surface area contributed by atoms with Crippen molar-refractivity contribution in [2.75, 3.05) is 0 Å². The molecule has 0 aliphatic carbocycles. The molecule has 0 unspecified atom stereocenters. The van der Waals surface area contributed by atoms with Crippen LogP contribution in [0.15, 0.2) is 54.1 Å². The number of nitrogens with zero attached hydrogens (tertiary/aromatic N) is 4. The summed E-state index contributed by atoms with van der Waals surface area (Å²) in [7, 11) is 0. The van der Waals surface area contributed by atoms with E-state index in [1.165, 1.54) is 10.7 Å². The van der Waals surface area contributed by atoms with E-state index in [9.17, 15) is 4.79 Å². The van der Waals surface area contributed by atoms with Crippen LogP contribution in [0.4, 0.5) is 0 Å². The van der Waals surface area contributed by atoms with Gasteiger partial charge in [0.25, 0.3) is 5.56 Å². The largest absolute Gasteiger partial charge is 0.271 e. The van der Waals surface area contributed by atoms with Gasteiger partial charge in [0.05, 0.1) is 5.52 Å². The Kier molecular flexibility index (Phi) is 2.52. The van der Waals surface area contributed by atoms with Crippen LogP contribution in [0.1, 0.15) is 12.6 Å². The van der Waals surface area contributed by atoms with Gasteiger partial charge in [-0.15, -0.1) is 0 Å².